The second kappa shape index (κ2) is 5.03. The van der Waals surface area contributed by atoms with Crippen LogP contribution in [0.2, 0.25) is 0 Å². The van der Waals surface area contributed by atoms with E-state index in [-0.39, 0.29) is 5.56 Å². The van der Waals surface area contributed by atoms with E-state index in [0.29, 0.717) is 5.92 Å². The van der Waals surface area contributed by atoms with Crippen LogP contribution < -0.4 is 5.56 Å². The average Bonchev–Trinajstić information content (AvgIpc) is 2.35. The van der Waals surface area contributed by atoms with E-state index in [1.54, 1.807) is 0 Å². The minimum Gasteiger partial charge on any atom is -0.310 e. The predicted molar refractivity (Wildman–Crippen MR) is 69.3 cm³/mol. The van der Waals surface area contributed by atoms with Gasteiger partial charge in [0, 0.05) is 17.2 Å². The molecule has 1 saturated carbocycles. The molecule has 1 aromatic rings. The van der Waals surface area contributed by atoms with Crippen molar-refractivity contribution in [3.05, 3.63) is 27.4 Å². The fourth-order valence-corrected chi connectivity index (χ4v) is 2.77. The lowest BCUT2D eigenvalue weighted by atomic mass is 9.80. The molecule has 1 aromatic heterocycles. The maximum atomic E-state index is 11.8. The van der Waals surface area contributed by atoms with E-state index in [4.69, 9.17) is 0 Å². The lowest BCUT2D eigenvalue weighted by Gasteiger charge is -2.27. The molecule has 2 unspecified atom stereocenters. The van der Waals surface area contributed by atoms with Crippen LogP contribution in [0.15, 0.2) is 4.79 Å². The van der Waals surface area contributed by atoms with E-state index in [2.05, 4.69) is 16.9 Å². The highest BCUT2D eigenvalue weighted by atomic mass is 16.1. The van der Waals surface area contributed by atoms with Gasteiger partial charge in [-0.25, -0.2) is 4.98 Å². The monoisotopic (exact) mass is 234 g/mol. The Balaban J connectivity index is 2.25. The predicted octanol–water partition coefficient (Wildman–Crippen LogP) is 3.07. The normalized spacial score (nSPS) is 24.9. The van der Waals surface area contributed by atoms with Crippen molar-refractivity contribution in [2.45, 2.75) is 58.8 Å². The highest BCUT2D eigenvalue weighted by Crippen LogP contribution is 2.35. The van der Waals surface area contributed by atoms with E-state index in [9.17, 15) is 4.79 Å². The highest BCUT2D eigenvalue weighted by molar-refractivity contribution is 5.15. The summed E-state index contributed by atoms with van der Waals surface area (Å²) in [5, 5.41) is 0. The van der Waals surface area contributed by atoms with Gasteiger partial charge in [-0.1, -0.05) is 26.2 Å². The molecule has 3 heteroatoms. The third-order valence-corrected chi connectivity index (χ3v) is 4.16. The Kier molecular flexibility index (Phi) is 3.65. The fourth-order valence-electron chi connectivity index (χ4n) is 2.77. The number of aromatic amines is 1. The summed E-state index contributed by atoms with van der Waals surface area (Å²) in [7, 11) is 0. The molecule has 2 atom stereocenters. The van der Waals surface area contributed by atoms with E-state index in [1.165, 1.54) is 32.1 Å². The van der Waals surface area contributed by atoms with Gasteiger partial charge in [-0.2, -0.15) is 0 Å². The summed E-state index contributed by atoms with van der Waals surface area (Å²) in [6.45, 7) is 6.01. The minimum absolute atomic E-state index is 0.0334. The van der Waals surface area contributed by atoms with E-state index >= 15 is 0 Å². The van der Waals surface area contributed by atoms with Crippen LogP contribution in [0.4, 0.5) is 0 Å². The molecular formula is C14H22N2O. The Morgan fingerprint density at radius 2 is 2.12 bits per heavy atom. The molecule has 0 radical (unpaired) electrons. The molecule has 1 aliphatic rings. The van der Waals surface area contributed by atoms with Crippen LogP contribution in [0.5, 0.6) is 0 Å². The number of hydrogen-bond donors (Lipinski definition) is 1. The van der Waals surface area contributed by atoms with Crippen molar-refractivity contribution in [3.63, 3.8) is 0 Å². The minimum atomic E-state index is 0.0334. The molecule has 1 N–H and O–H groups in total. The quantitative estimate of drug-likeness (QED) is 0.854. The van der Waals surface area contributed by atoms with Gasteiger partial charge in [0.15, 0.2) is 0 Å². The summed E-state index contributed by atoms with van der Waals surface area (Å²) >= 11 is 0. The van der Waals surface area contributed by atoms with Gasteiger partial charge in [0.1, 0.15) is 5.82 Å². The Bertz CT molecular complexity index is 450. The van der Waals surface area contributed by atoms with Crippen molar-refractivity contribution in [2.75, 3.05) is 0 Å². The van der Waals surface area contributed by atoms with Gasteiger partial charge in [-0.15, -0.1) is 0 Å². The molecule has 17 heavy (non-hydrogen) atoms. The first-order chi connectivity index (χ1) is 8.11. The smallest absolute Gasteiger partial charge is 0.254 e. The molecule has 0 aliphatic heterocycles. The van der Waals surface area contributed by atoms with Crippen molar-refractivity contribution in [1.82, 2.24) is 9.97 Å². The molecule has 2 rings (SSSR count). The number of nitrogens with zero attached hydrogens (tertiary/aromatic N) is 1. The zero-order chi connectivity index (χ0) is 12.4. The number of H-pyrrole nitrogens is 1. The fraction of sp³-hybridized carbons (Fsp3) is 0.714. The van der Waals surface area contributed by atoms with Gasteiger partial charge in [-0.05, 0) is 32.6 Å². The van der Waals surface area contributed by atoms with Gasteiger partial charge < -0.3 is 4.98 Å². The topological polar surface area (TPSA) is 45.8 Å². The van der Waals surface area contributed by atoms with Crippen molar-refractivity contribution in [1.29, 1.82) is 0 Å². The van der Waals surface area contributed by atoms with Crippen LogP contribution in [0, 0.1) is 19.8 Å². The molecular weight excluding hydrogens is 212 g/mol. The third-order valence-electron chi connectivity index (χ3n) is 4.16. The molecule has 0 aromatic carbocycles. The third kappa shape index (κ3) is 2.59. The van der Waals surface area contributed by atoms with Crippen LogP contribution in [0.3, 0.4) is 0 Å². The molecule has 3 nitrogen and oxygen atoms in total. The zero-order valence-electron chi connectivity index (χ0n) is 11.0. The van der Waals surface area contributed by atoms with Crippen LogP contribution in [-0.4, -0.2) is 9.97 Å². The summed E-state index contributed by atoms with van der Waals surface area (Å²) in [5.41, 5.74) is 1.66. The lowest BCUT2D eigenvalue weighted by Crippen LogP contribution is -2.22. The Morgan fingerprint density at radius 1 is 1.35 bits per heavy atom. The summed E-state index contributed by atoms with van der Waals surface area (Å²) in [5.74, 6) is 2.18. The van der Waals surface area contributed by atoms with Crippen molar-refractivity contribution < 1.29 is 0 Å². The van der Waals surface area contributed by atoms with Gasteiger partial charge in [0.05, 0.1) is 0 Å². The first kappa shape index (κ1) is 12.3. The molecule has 1 aliphatic carbocycles. The van der Waals surface area contributed by atoms with Crippen LogP contribution >= 0.6 is 0 Å². The molecule has 94 valence electrons. The van der Waals surface area contributed by atoms with Crippen LogP contribution in [0.1, 0.15) is 62.0 Å². The van der Waals surface area contributed by atoms with Crippen LogP contribution in [-0.2, 0) is 0 Å². The molecule has 1 fully saturated rings. The molecule has 0 saturated heterocycles. The van der Waals surface area contributed by atoms with Crippen molar-refractivity contribution >= 4 is 0 Å². The maximum absolute atomic E-state index is 11.8. The molecule has 0 spiro atoms. The van der Waals surface area contributed by atoms with E-state index in [1.807, 2.05) is 13.8 Å². The van der Waals surface area contributed by atoms with E-state index in [0.717, 1.165) is 23.0 Å². The zero-order valence-corrected chi connectivity index (χ0v) is 11.0. The average molecular weight is 234 g/mol. The summed E-state index contributed by atoms with van der Waals surface area (Å²) < 4.78 is 0. The second-order valence-electron chi connectivity index (χ2n) is 5.30. The number of nitrogens with one attached hydrogen (secondary N) is 1. The summed E-state index contributed by atoms with van der Waals surface area (Å²) in [6.07, 6.45) is 6.19. The first-order valence-corrected chi connectivity index (χ1v) is 6.69. The second-order valence-corrected chi connectivity index (χ2v) is 5.30. The van der Waals surface area contributed by atoms with Gasteiger partial charge in [-0.3, -0.25) is 4.79 Å². The van der Waals surface area contributed by atoms with Gasteiger partial charge in [0.25, 0.3) is 5.56 Å². The Labute approximate surface area is 103 Å². The number of aryl methyl sites for hydroxylation is 1. The standard InChI is InChI=1S/C14H22N2O/c1-4-11-6-5-7-12(8-11)13-15-10(3)9(2)14(17)16-13/h11-12H,4-8H2,1-3H3,(H,15,16,17). The number of aromatic nitrogens is 2. The molecule has 0 amide bonds. The van der Waals surface area contributed by atoms with Gasteiger partial charge >= 0.3 is 0 Å². The summed E-state index contributed by atoms with van der Waals surface area (Å²) in [6, 6.07) is 0. The van der Waals surface area contributed by atoms with Crippen LogP contribution in [0.25, 0.3) is 0 Å². The Hall–Kier alpha value is -1.12. The highest BCUT2D eigenvalue weighted by Gasteiger charge is 2.24. The van der Waals surface area contributed by atoms with Gasteiger partial charge in [0.2, 0.25) is 0 Å². The SMILES string of the molecule is CCC1CCCC(c2nc(C)c(C)c(=O)[nH]2)C1. The van der Waals surface area contributed by atoms with E-state index < -0.39 is 0 Å². The largest absolute Gasteiger partial charge is 0.310 e. The number of rotatable bonds is 2. The Morgan fingerprint density at radius 3 is 2.76 bits per heavy atom. The number of hydrogen-bond acceptors (Lipinski definition) is 2. The molecule has 0 bridgehead atoms. The van der Waals surface area contributed by atoms with Crippen molar-refractivity contribution in [3.8, 4) is 0 Å². The lowest BCUT2D eigenvalue weighted by molar-refractivity contribution is 0.306. The summed E-state index contributed by atoms with van der Waals surface area (Å²) in [4.78, 5) is 19.3. The van der Waals surface area contributed by atoms with Crippen molar-refractivity contribution in [2.24, 2.45) is 5.92 Å². The first-order valence-electron chi connectivity index (χ1n) is 6.69. The maximum Gasteiger partial charge on any atom is 0.254 e. The molecule has 1 heterocycles.